The summed E-state index contributed by atoms with van der Waals surface area (Å²) < 4.78 is 0. The van der Waals surface area contributed by atoms with Gasteiger partial charge < -0.3 is 4.98 Å². The smallest absolute Gasteiger partial charge is 0.314 e. The zero-order valence-electron chi connectivity index (χ0n) is 9.52. The molecule has 84 valence electrons. The summed E-state index contributed by atoms with van der Waals surface area (Å²) >= 11 is 0. The molecule has 0 amide bonds. The Morgan fingerprint density at radius 3 is 2.07 bits per heavy atom. The molecule has 2 N–H and O–H groups in total. The van der Waals surface area contributed by atoms with Crippen LogP contribution in [-0.4, -0.2) is 9.97 Å². The molecule has 4 heteroatoms. The minimum Gasteiger partial charge on any atom is -0.314 e. The Kier molecular flexibility index (Phi) is 3.50. The summed E-state index contributed by atoms with van der Waals surface area (Å²) in [7, 11) is 0. The van der Waals surface area contributed by atoms with E-state index in [1.54, 1.807) is 6.20 Å². The maximum Gasteiger partial charge on any atom is 0.325 e. The van der Waals surface area contributed by atoms with Gasteiger partial charge in [-0.1, -0.05) is 20.8 Å². The van der Waals surface area contributed by atoms with E-state index in [1.165, 1.54) is 0 Å². The summed E-state index contributed by atoms with van der Waals surface area (Å²) in [5, 5.41) is 0. The van der Waals surface area contributed by atoms with E-state index >= 15 is 0 Å². The van der Waals surface area contributed by atoms with E-state index in [1.807, 2.05) is 0 Å². The largest absolute Gasteiger partial charge is 0.325 e. The molecule has 1 aromatic heterocycles. The van der Waals surface area contributed by atoms with Crippen molar-refractivity contribution in [3.63, 3.8) is 0 Å². The Morgan fingerprint density at radius 2 is 1.67 bits per heavy atom. The second-order valence-corrected chi connectivity index (χ2v) is 3.83. The molecular weight excluding hydrogens is 192 g/mol. The van der Waals surface area contributed by atoms with E-state index < -0.39 is 5.69 Å². The van der Waals surface area contributed by atoms with Gasteiger partial charge in [0.25, 0.3) is 5.56 Å². The molecule has 0 aromatic carbocycles. The summed E-state index contributed by atoms with van der Waals surface area (Å²) in [4.78, 5) is 27.4. The van der Waals surface area contributed by atoms with Crippen molar-refractivity contribution in [2.45, 2.75) is 45.4 Å². The maximum absolute atomic E-state index is 11.7. The molecule has 0 aliphatic rings. The minimum absolute atomic E-state index is 0.113. The summed E-state index contributed by atoms with van der Waals surface area (Å²) in [6, 6.07) is 0. The molecule has 4 nitrogen and oxygen atoms in total. The van der Waals surface area contributed by atoms with Crippen molar-refractivity contribution >= 4 is 0 Å². The van der Waals surface area contributed by atoms with Crippen molar-refractivity contribution in [3.8, 4) is 0 Å². The topological polar surface area (TPSA) is 65.7 Å². The van der Waals surface area contributed by atoms with Crippen molar-refractivity contribution in [2.75, 3.05) is 0 Å². The fourth-order valence-electron chi connectivity index (χ4n) is 2.13. The molecule has 0 saturated carbocycles. The second kappa shape index (κ2) is 4.47. The van der Waals surface area contributed by atoms with E-state index in [0.717, 1.165) is 19.3 Å². The Bertz CT molecular complexity index is 418. The van der Waals surface area contributed by atoms with Gasteiger partial charge in [-0.05, 0) is 19.3 Å². The SMILES string of the molecule is CCC(CC)(CC)c1c[nH]c(=O)[nH]c1=O. The average Bonchev–Trinajstić information content (AvgIpc) is 2.23. The van der Waals surface area contributed by atoms with Gasteiger partial charge in [-0.15, -0.1) is 0 Å². The first-order chi connectivity index (χ1) is 7.09. The Hall–Kier alpha value is -1.32. The van der Waals surface area contributed by atoms with Crippen LogP contribution in [0.3, 0.4) is 0 Å². The van der Waals surface area contributed by atoms with Crippen LogP contribution >= 0.6 is 0 Å². The molecule has 0 radical (unpaired) electrons. The van der Waals surface area contributed by atoms with Crippen LogP contribution in [0.25, 0.3) is 0 Å². The van der Waals surface area contributed by atoms with Gasteiger partial charge in [0.05, 0.1) is 0 Å². The fourth-order valence-corrected chi connectivity index (χ4v) is 2.13. The van der Waals surface area contributed by atoms with Crippen LogP contribution in [0.5, 0.6) is 0 Å². The molecule has 15 heavy (non-hydrogen) atoms. The predicted molar refractivity (Wildman–Crippen MR) is 60.2 cm³/mol. The maximum atomic E-state index is 11.7. The number of aromatic amines is 2. The lowest BCUT2D eigenvalue weighted by Crippen LogP contribution is -2.35. The zero-order valence-corrected chi connectivity index (χ0v) is 9.52. The van der Waals surface area contributed by atoms with Crippen LogP contribution in [0.2, 0.25) is 0 Å². The first-order valence-electron chi connectivity index (χ1n) is 5.42. The molecule has 1 aromatic rings. The third-order valence-corrected chi connectivity index (χ3v) is 3.42. The van der Waals surface area contributed by atoms with Gasteiger partial charge in [0.15, 0.2) is 0 Å². The monoisotopic (exact) mass is 210 g/mol. The number of aromatic nitrogens is 2. The number of rotatable bonds is 4. The Morgan fingerprint density at radius 1 is 1.13 bits per heavy atom. The van der Waals surface area contributed by atoms with Gasteiger partial charge in [0, 0.05) is 17.2 Å². The molecule has 0 aliphatic carbocycles. The number of H-pyrrole nitrogens is 2. The fraction of sp³-hybridized carbons (Fsp3) is 0.636. The van der Waals surface area contributed by atoms with Crippen LogP contribution in [0.4, 0.5) is 0 Å². The van der Waals surface area contributed by atoms with Gasteiger partial charge in [-0.3, -0.25) is 9.78 Å². The molecule has 0 bridgehead atoms. The van der Waals surface area contributed by atoms with E-state index in [2.05, 4.69) is 30.7 Å². The lowest BCUT2D eigenvalue weighted by atomic mass is 9.75. The number of hydrogen-bond donors (Lipinski definition) is 2. The van der Waals surface area contributed by atoms with Crippen molar-refractivity contribution in [1.29, 1.82) is 0 Å². The molecule has 0 saturated heterocycles. The first kappa shape index (κ1) is 11.8. The van der Waals surface area contributed by atoms with Crippen LogP contribution in [0.1, 0.15) is 45.6 Å². The van der Waals surface area contributed by atoms with Crippen LogP contribution in [0, 0.1) is 0 Å². The third kappa shape index (κ3) is 2.03. The summed E-state index contributed by atoms with van der Waals surface area (Å²) in [6.07, 6.45) is 4.25. The first-order valence-corrected chi connectivity index (χ1v) is 5.42. The van der Waals surface area contributed by atoms with Crippen molar-refractivity contribution < 1.29 is 0 Å². The van der Waals surface area contributed by atoms with Crippen LogP contribution in [0.15, 0.2) is 15.8 Å². The normalized spacial score (nSPS) is 11.7. The van der Waals surface area contributed by atoms with Gasteiger partial charge in [0.1, 0.15) is 0 Å². The zero-order chi connectivity index (χ0) is 11.5. The minimum atomic E-state index is -0.444. The highest BCUT2D eigenvalue weighted by molar-refractivity contribution is 5.18. The van der Waals surface area contributed by atoms with Gasteiger partial charge in [-0.2, -0.15) is 0 Å². The standard InChI is InChI=1S/C11H18N2O2/c1-4-11(5-2,6-3)8-7-12-10(15)13-9(8)14/h7H,4-6H2,1-3H3,(H2,12,13,14,15). The molecule has 1 heterocycles. The van der Waals surface area contributed by atoms with E-state index in [4.69, 9.17) is 0 Å². The lowest BCUT2D eigenvalue weighted by molar-refractivity contribution is 0.376. The number of hydrogen-bond acceptors (Lipinski definition) is 2. The van der Waals surface area contributed by atoms with Gasteiger partial charge in [0.2, 0.25) is 0 Å². The van der Waals surface area contributed by atoms with Gasteiger partial charge in [-0.25, -0.2) is 4.79 Å². The summed E-state index contributed by atoms with van der Waals surface area (Å²) in [5.41, 5.74) is -0.127. The van der Waals surface area contributed by atoms with E-state index in [9.17, 15) is 9.59 Å². The molecule has 0 unspecified atom stereocenters. The molecular formula is C11H18N2O2. The van der Waals surface area contributed by atoms with E-state index in [0.29, 0.717) is 5.56 Å². The van der Waals surface area contributed by atoms with Gasteiger partial charge >= 0.3 is 5.69 Å². The van der Waals surface area contributed by atoms with Crippen molar-refractivity contribution in [1.82, 2.24) is 9.97 Å². The number of nitrogens with one attached hydrogen (secondary N) is 2. The molecule has 0 fully saturated rings. The van der Waals surface area contributed by atoms with Crippen LogP contribution < -0.4 is 11.2 Å². The van der Waals surface area contributed by atoms with Crippen molar-refractivity contribution in [2.24, 2.45) is 0 Å². The van der Waals surface area contributed by atoms with E-state index in [-0.39, 0.29) is 11.0 Å². The van der Waals surface area contributed by atoms with Crippen molar-refractivity contribution in [3.05, 3.63) is 32.6 Å². The Labute approximate surface area is 88.7 Å². The third-order valence-electron chi connectivity index (χ3n) is 3.42. The highest BCUT2D eigenvalue weighted by Crippen LogP contribution is 2.31. The highest BCUT2D eigenvalue weighted by atomic mass is 16.2. The molecule has 0 atom stereocenters. The quantitative estimate of drug-likeness (QED) is 0.791. The lowest BCUT2D eigenvalue weighted by Gasteiger charge is -2.29. The summed E-state index contributed by atoms with van der Waals surface area (Å²) in [5.74, 6) is 0. The summed E-state index contributed by atoms with van der Waals surface area (Å²) in [6.45, 7) is 6.20. The average molecular weight is 210 g/mol. The molecule has 0 spiro atoms. The Balaban J connectivity index is 3.35. The van der Waals surface area contributed by atoms with Crippen LogP contribution in [-0.2, 0) is 5.41 Å². The highest BCUT2D eigenvalue weighted by Gasteiger charge is 2.29. The predicted octanol–water partition coefficient (Wildman–Crippen LogP) is 1.53. The molecule has 0 aliphatic heterocycles. The molecule has 1 rings (SSSR count). The second-order valence-electron chi connectivity index (χ2n) is 3.83.